The molecule has 2 saturated heterocycles. The maximum Gasteiger partial charge on any atom is 0.311 e. The molecule has 1 aromatic rings. The van der Waals surface area contributed by atoms with Gasteiger partial charge >= 0.3 is 5.97 Å². The molecule has 0 amide bonds. The van der Waals surface area contributed by atoms with Crippen LogP contribution in [0.4, 0.5) is 0 Å². The van der Waals surface area contributed by atoms with Crippen LogP contribution in [0.25, 0.3) is 0 Å². The third-order valence-corrected chi connectivity index (χ3v) is 7.86. The molecule has 31 heavy (non-hydrogen) atoms. The Morgan fingerprint density at radius 3 is 2.42 bits per heavy atom. The van der Waals surface area contributed by atoms with Crippen molar-refractivity contribution in [2.75, 3.05) is 6.54 Å². The van der Waals surface area contributed by atoms with Crippen molar-refractivity contribution in [2.24, 2.45) is 5.41 Å². The zero-order valence-electron chi connectivity index (χ0n) is 18.9. The largest absolute Gasteiger partial charge is 0.456 e. The molecule has 2 heterocycles. The van der Waals surface area contributed by atoms with Gasteiger partial charge in [0.15, 0.2) is 5.79 Å². The Kier molecular flexibility index (Phi) is 5.36. The molecule has 2 aliphatic heterocycles. The van der Waals surface area contributed by atoms with Gasteiger partial charge in [0, 0.05) is 0 Å². The first-order valence-corrected chi connectivity index (χ1v) is 12.1. The van der Waals surface area contributed by atoms with E-state index in [1.807, 2.05) is 26.8 Å². The van der Waals surface area contributed by atoms with Crippen molar-refractivity contribution in [1.82, 2.24) is 4.31 Å². The van der Waals surface area contributed by atoms with Gasteiger partial charge in [-0.2, -0.15) is 4.31 Å². The smallest absolute Gasteiger partial charge is 0.311 e. The first-order valence-electron chi connectivity index (χ1n) is 10.6. The van der Waals surface area contributed by atoms with Crippen molar-refractivity contribution < 1.29 is 27.4 Å². The standard InChI is InChI=1S/C23H31NO6S/c1-14-7-9-15(10-8-14)31(26,27)24-13-20(28-21(25)22(2,3)4)16-11-18-19(12-17(16)24)30-23(5,6)29-18/h7-11,17-20H,12-13H2,1-6H3/t17-,18-,19+,20-/m0/s1. The number of aryl methyl sites for hydroxylation is 1. The second-order valence-corrected chi connectivity index (χ2v) is 12.0. The van der Waals surface area contributed by atoms with Crippen LogP contribution in [-0.2, 0) is 29.0 Å². The lowest BCUT2D eigenvalue weighted by Crippen LogP contribution is -2.42. The molecule has 7 nitrogen and oxygen atoms in total. The van der Waals surface area contributed by atoms with E-state index in [1.54, 1.807) is 45.0 Å². The van der Waals surface area contributed by atoms with E-state index in [0.717, 1.165) is 11.1 Å². The van der Waals surface area contributed by atoms with Crippen molar-refractivity contribution in [3.05, 3.63) is 41.5 Å². The summed E-state index contributed by atoms with van der Waals surface area (Å²) < 4.78 is 46.3. The number of benzene rings is 1. The summed E-state index contributed by atoms with van der Waals surface area (Å²) in [5, 5.41) is 0. The van der Waals surface area contributed by atoms with Crippen LogP contribution in [-0.4, -0.2) is 55.4 Å². The summed E-state index contributed by atoms with van der Waals surface area (Å²) in [7, 11) is -3.78. The molecule has 170 valence electrons. The van der Waals surface area contributed by atoms with E-state index in [-0.39, 0.29) is 29.6 Å². The number of esters is 1. The Labute approximate surface area is 184 Å². The lowest BCUT2D eigenvalue weighted by Gasteiger charge is -2.31. The molecule has 0 saturated carbocycles. The molecule has 2 fully saturated rings. The number of ether oxygens (including phenoxy) is 3. The maximum absolute atomic E-state index is 13.5. The van der Waals surface area contributed by atoms with Gasteiger partial charge in [0.25, 0.3) is 0 Å². The third kappa shape index (κ3) is 4.18. The molecule has 4 atom stereocenters. The predicted molar refractivity (Wildman–Crippen MR) is 115 cm³/mol. The number of nitrogens with zero attached hydrogens (tertiary/aromatic N) is 1. The van der Waals surface area contributed by atoms with Gasteiger partial charge in [0.1, 0.15) is 12.2 Å². The van der Waals surface area contributed by atoms with Gasteiger partial charge in [0.05, 0.1) is 29.0 Å². The Balaban J connectivity index is 1.70. The summed E-state index contributed by atoms with van der Waals surface area (Å²) in [6, 6.07) is 6.36. The van der Waals surface area contributed by atoms with Crippen LogP contribution < -0.4 is 0 Å². The van der Waals surface area contributed by atoms with E-state index in [2.05, 4.69) is 0 Å². The number of sulfonamides is 1. The molecule has 0 unspecified atom stereocenters. The van der Waals surface area contributed by atoms with Crippen molar-refractivity contribution in [1.29, 1.82) is 0 Å². The zero-order valence-corrected chi connectivity index (χ0v) is 19.7. The number of hydrogen-bond donors (Lipinski definition) is 0. The Hall–Kier alpha value is -1.74. The first kappa shape index (κ1) is 22.5. The van der Waals surface area contributed by atoms with Gasteiger partial charge in [0.2, 0.25) is 10.0 Å². The SMILES string of the molecule is Cc1ccc(S(=O)(=O)N2C[C@H](OC(=O)C(C)(C)C)C3=C[C@@H]4OC(C)(C)O[C@@H]4C[C@@H]32)cc1. The monoisotopic (exact) mass is 449 g/mol. The van der Waals surface area contributed by atoms with E-state index in [4.69, 9.17) is 14.2 Å². The fourth-order valence-corrected chi connectivity index (χ4v) is 5.99. The van der Waals surface area contributed by atoms with Crippen LogP contribution >= 0.6 is 0 Å². The van der Waals surface area contributed by atoms with Gasteiger partial charge in [-0.1, -0.05) is 17.7 Å². The summed E-state index contributed by atoms with van der Waals surface area (Å²) in [6.45, 7) is 11.0. The molecule has 0 bridgehead atoms. The normalized spacial score (nSPS) is 30.5. The molecule has 0 N–H and O–H groups in total. The summed E-state index contributed by atoms with van der Waals surface area (Å²) in [4.78, 5) is 12.8. The molecule has 3 aliphatic rings. The van der Waals surface area contributed by atoms with Gasteiger partial charge in [-0.15, -0.1) is 0 Å². The lowest BCUT2D eigenvalue weighted by molar-refractivity contribution is -0.156. The molecule has 4 rings (SSSR count). The minimum Gasteiger partial charge on any atom is -0.456 e. The highest BCUT2D eigenvalue weighted by Crippen LogP contribution is 2.43. The van der Waals surface area contributed by atoms with E-state index in [9.17, 15) is 13.2 Å². The average molecular weight is 450 g/mol. The van der Waals surface area contributed by atoms with E-state index in [1.165, 1.54) is 4.31 Å². The van der Waals surface area contributed by atoms with Gasteiger partial charge in [-0.25, -0.2) is 8.42 Å². The number of rotatable bonds is 3. The first-order chi connectivity index (χ1) is 14.3. The fourth-order valence-electron chi connectivity index (χ4n) is 4.37. The van der Waals surface area contributed by atoms with Crippen LogP contribution in [0.5, 0.6) is 0 Å². The number of fused-ring (bicyclic) bond motifs is 2. The van der Waals surface area contributed by atoms with E-state index >= 15 is 0 Å². The number of carbonyl (C=O) groups excluding carboxylic acids is 1. The summed E-state index contributed by atoms with van der Waals surface area (Å²) >= 11 is 0. The second kappa shape index (κ2) is 7.40. The van der Waals surface area contributed by atoms with E-state index < -0.39 is 33.4 Å². The number of hydrogen-bond acceptors (Lipinski definition) is 6. The minimum atomic E-state index is -3.78. The summed E-state index contributed by atoms with van der Waals surface area (Å²) in [6.07, 6.45) is 1.16. The van der Waals surface area contributed by atoms with Gasteiger partial charge < -0.3 is 14.2 Å². The van der Waals surface area contributed by atoms with Crippen LogP contribution in [0.2, 0.25) is 0 Å². The molecule has 0 radical (unpaired) electrons. The Morgan fingerprint density at radius 2 is 1.81 bits per heavy atom. The maximum atomic E-state index is 13.5. The van der Waals surface area contributed by atoms with Crippen LogP contribution in [0.15, 0.2) is 40.8 Å². The predicted octanol–water partition coefficient (Wildman–Crippen LogP) is 3.18. The van der Waals surface area contributed by atoms with Crippen molar-refractivity contribution >= 4 is 16.0 Å². The Bertz CT molecular complexity index is 1010. The van der Waals surface area contributed by atoms with Crippen molar-refractivity contribution in [2.45, 2.75) is 83.0 Å². The van der Waals surface area contributed by atoms with Crippen LogP contribution in [0.3, 0.4) is 0 Å². The molecule has 1 aliphatic carbocycles. The number of carbonyl (C=O) groups is 1. The molecule has 0 spiro atoms. The summed E-state index contributed by atoms with van der Waals surface area (Å²) in [5.74, 6) is -1.11. The molecule has 0 aromatic heterocycles. The summed E-state index contributed by atoms with van der Waals surface area (Å²) in [5.41, 5.74) is 1.07. The van der Waals surface area contributed by atoms with Gasteiger partial charge in [-0.05, 0) is 71.7 Å². The van der Waals surface area contributed by atoms with Crippen LogP contribution in [0.1, 0.15) is 46.6 Å². The van der Waals surface area contributed by atoms with E-state index in [0.29, 0.717) is 6.42 Å². The lowest BCUT2D eigenvalue weighted by atomic mass is 9.90. The van der Waals surface area contributed by atoms with Crippen LogP contribution in [0, 0.1) is 12.3 Å². The topological polar surface area (TPSA) is 82.1 Å². The highest BCUT2D eigenvalue weighted by atomic mass is 32.2. The quantitative estimate of drug-likeness (QED) is 0.521. The zero-order chi connectivity index (χ0) is 22.8. The molecule has 1 aromatic carbocycles. The third-order valence-electron chi connectivity index (χ3n) is 5.97. The van der Waals surface area contributed by atoms with Crippen molar-refractivity contribution in [3.63, 3.8) is 0 Å². The minimum absolute atomic E-state index is 0.0807. The van der Waals surface area contributed by atoms with Crippen molar-refractivity contribution in [3.8, 4) is 0 Å². The fraction of sp³-hybridized carbons (Fsp3) is 0.609. The second-order valence-electron chi connectivity index (χ2n) is 10.1. The highest BCUT2D eigenvalue weighted by Gasteiger charge is 2.53. The molecule has 8 heteroatoms. The molecular weight excluding hydrogens is 418 g/mol. The highest BCUT2D eigenvalue weighted by molar-refractivity contribution is 7.89. The Morgan fingerprint density at radius 1 is 1.16 bits per heavy atom. The van der Waals surface area contributed by atoms with Gasteiger partial charge in [-0.3, -0.25) is 4.79 Å². The molecular formula is C23H31NO6S. The average Bonchev–Trinajstić information content (AvgIpc) is 3.14.